The SMILES string of the molecule is C=C(C)NCC(=O)N(C)CC(=O)N(C)CC(=O)N(C)CC(=O)C(C)C. The molecule has 0 fully saturated rings. The lowest BCUT2D eigenvalue weighted by Crippen LogP contribution is -2.46. The van der Waals surface area contributed by atoms with E-state index in [0.29, 0.717) is 5.70 Å². The maximum atomic E-state index is 12.1. The molecule has 142 valence electrons. The molecule has 0 atom stereocenters. The highest BCUT2D eigenvalue weighted by atomic mass is 16.2. The minimum atomic E-state index is -0.358. The number of hydrogen-bond acceptors (Lipinski definition) is 5. The van der Waals surface area contributed by atoms with E-state index in [1.54, 1.807) is 20.8 Å². The van der Waals surface area contributed by atoms with Crippen LogP contribution < -0.4 is 5.32 Å². The molecule has 0 heterocycles. The molecule has 0 aromatic carbocycles. The molecular weight excluding hydrogens is 324 g/mol. The van der Waals surface area contributed by atoms with E-state index in [9.17, 15) is 19.2 Å². The smallest absolute Gasteiger partial charge is 0.242 e. The van der Waals surface area contributed by atoms with E-state index in [2.05, 4.69) is 11.9 Å². The van der Waals surface area contributed by atoms with Crippen LogP contribution in [0.25, 0.3) is 0 Å². The Morgan fingerprint density at radius 1 is 0.840 bits per heavy atom. The van der Waals surface area contributed by atoms with Crippen molar-refractivity contribution in [1.82, 2.24) is 20.0 Å². The van der Waals surface area contributed by atoms with Crippen LogP contribution in [0.15, 0.2) is 12.3 Å². The minimum absolute atomic E-state index is 0.0174. The van der Waals surface area contributed by atoms with Gasteiger partial charge < -0.3 is 20.0 Å². The van der Waals surface area contributed by atoms with Crippen LogP contribution in [0.1, 0.15) is 20.8 Å². The summed E-state index contributed by atoms with van der Waals surface area (Å²) in [5, 5.41) is 2.80. The Balaban J connectivity index is 4.45. The van der Waals surface area contributed by atoms with Gasteiger partial charge in [-0.25, -0.2) is 0 Å². The Labute approximate surface area is 149 Å². The summed E-state index contributed by atoms with van der Waals surface area (Å²) in [5.74, 6) is -1.14. The monoisotopic (exact) mass is 354 g/mol. The van der Waals surface area contributed by atoms with Crippen LogP contribution in [0.5, 0.6) is 0 Å². The Bertz CT molecular complexity index is 531. The summed E-state index contributed by atoms with van der Waals surface area (Å²) in [6.07, 6.45) is 0. The summed E-state index contributed by atoms with van der Waals surface area (Å²) in [6, 6.07) is 0. The molecule has 0 aliphatic heterocycles. The lowest BCUT2D eigenvalue weighted by Gasteiger charge is -2.24. The standard InChI is InChI=1S/C17H30N4O4/c1-12(2)14(22)9-19(5)16(24)11-21(7)17(25)10-20(6)15(23)8-18-13(3)4/h12,18H,3,8-11H2,1-2,4-7H3. The third-order valence-corrected chi connectivity index (χ3v) is 3.60. The highest BCUT2D eigenvalue weighted by molar-refractivity contribution is 5.90. The van der Waals surface area contributed by atoms with Crippen LogP contribution in [-0.2, 0) is 19.2 Å². The molecule has 0 aromatic heterocycles. The van der Waals surface area contributed by atoms with Crippen LogP contribution in [0.3, 0.4) is 0 Å². The lowest BCUT2D eigenvalue weighted by atomic mass is 10.1. The molecule has 0 spiro atoms. The fourth-order valence-corrected chi connectivity index (χ4v) is 1.69. The van der Waals surface area contributed by atoms with Crippen molar-refractivity contribution in [3.8, 4) is 0 Å². The van der Waals surface area contributed by atoms with Crippen LogP contribution in [0.4, 0.5) is 0 Å². The van der Waals surface area contributed by atoms with Crippen molar-refractivity contribution in [2.75, 3.05) is 47.3 Å². The Hall–Kier alpha value is -2.38. The fourth-order valence-electron chi connectivity index (χ4n) is 1.69. The molecule has 0 aliphatic carbocycles. The number of Topliss-reactive ketones (excluding diaryl/α,β-unsaturated/α-hetero) is 1. The van der Waals surface area contributed by atoms with Crippen molar-refractivity contribution in [2.45, 2.75) is 20.8 Å². The molecule has 25 heavy (non-hydrogen) atoms. The van der Waals surface area contributed by atoms with Crippen molar-refractivity contribution < 1.29 is 19.2 Å². The Morgan fingerprint density at radius 3 is 1.64 bits per heavy atom. The first-order valence-electron chi connectivity index (χ1n) is 8.09. The van der Waals surface area contributed by atoms with Crippen molar-refractivity contribution >= 4 is 23.5 Å². The normalized spacial score (nSPS) is 10.2. The number of carbonyl (C=O) groups excluding carboxylic acids is 4. The first-order valence-corrected chi connectivity index (χ1v) is 8.09. The number of likely N-dealkylation sites (N-methyl/N-ethyl adjacent to an activating group) is 3. The van der Waals surface area contributed by atoms with Crippen LogP contribution in [0.2, 0.25) is 0 Å². The number of hydrogen-bond donors (Lipinski definition) is 1. The van der Waals surface area contributed by atoms with Crippen molar-refractivity contribution in [1.29, 1.82) is 0 Å². The van der Waals surface area contributed by atoms with E-state index in [1.165, 1.54) is 35.8 Å². The van der Waals surface area contributed by atoms with Crippen LogP contribution in [-0.4, -0.2) is 85.5 Å². The van der Waals surface area contributed by atoms with E-state index in [-0.39, 0.29) is 55.6 Å². The first kappa shape index (κ1) is 22.6. The predicted octanol–water partition coefficient (Wildman–Crippen LogP) is -0.290. The molecule has 8 nitrogen and oxygen atoms in total. The predicted molar refractivity (Wildman–Crippen MR) is 95.6 cm³/mol. The van der Waals surface area contributed by atoms with Gasteiger partial charge in [0.05, 0.1) is 26.2 Å². The summed E-state index contributed by atoms with van der Waals surface area (Å²) in [5.41, 5.74) is 0.662. The van der Waals surface area contributed by atoms with Gasteiger partial charge in [-0.1, -0.05) is 20.4 Å². The zero-order valence-electron chi connectivity index (χ0n) is 16.1. The number of rotatable bonds is 10. The Kier molecular flexibility index (Phi) is 9.48. The number of nitrogens with one attached hydrogen (secondary N) is 1. The second-order valence-electron chi connectivity index (χ2n) is 6.50. The van der Waals surface area contributed by atoms with E-state index in [1.807, 2.05) is 0 Å². The van der Waals surface area contributed by atoms with E-state index >= 15 is 0 Å². The zero-order chi connectivity index (χ0) is 19.7. The maximum absolute atomic E-state index is 12.1. The minimum Gasteiger partial charge on any atom is -0.380 e. The number of ketones is 1. The summed E-state index contributed by atoms with van der Waals surface area (Å²) in [6.45, 7) is 8.71. The molecule has 0 bridgehead atoms. The average Bonchev–Trinajstić information content (AvgIpc) is 2.51. The third kappa shape index (κ3) is 8.88. The van der Waals surface area contributed by atoms with Gasteiger partial charge in [-0.15, -0.1) is 0 Å². The fraction of sp³-hybridized carbons (Fsp3) is 0.647. The van der Waals surface area contributed by atoms with Gasteiger partial charge >= 0.3 is 0 Å². The van der Waals surface area contributed by atoms with E-state index in [0.717, 1.165) is 0 Å². The molecular formula is C17H30N4O4. The average molecular weight is 354 g/mol. The largest absolute Gasteiger partial charge is 0.380 e. The van der Waals surface area contributed by atoms with Gasteiger partial charge in [-0.2, -0.15) is 0 Å². The molecule has 0 rings (SSSR count). The Morgan fingerprint density at radius 2 is 1.24 bits per heavy atom. The molecule has 0 aromatic rings. The summed E-state index contributed by atoms with van der Waals surface area (Å²) >= 11 is 0. The second-order valence-corrected chi connectivity index (χ2v) is 6.50. The third-order valence-electron chi connectivity index (χ3n) is 3.60. The van der Waals surface area contributed by atoms with Crippen molar-refractivity contribution in [3.63, 3.8) is 0 Å². The number of allylic oxidation sites excluding steroid dienone is 1. The summed E-state index contributed by atoms with van der Waals surface area (Å²) < 4.78 is 0. The van der Waals surface area contributed by atoms with Gasteiger partial charge in [-0.3, -0.25) is 19.2 Å². The highest BCUT2D eigenvalue weighted by Gasteiger charge is 2.21. The zero-order valence-corrected chi connectivity index (χ0v) is 16.1. The summed E-state index contributed by atoms with van der Waals surface area (Å²) in [7, 11) is 4.53. The van der Waals surface area contributed by atoms with Gasteiger partial charge in [0, 0.05) is 32.8 Å². The van der Waals surface area contributed by atoms with Crippen molar-refractivity contribution in [3.05, 3.63) is 12.3 Å². The first-order chi connectivity index (χ1) is 11.5. The maximum Gasteiger partial charge on any atom is 0.242 e. The van der Waals surface area contributed by atoms with Gasteiger partial charge in [0.1, 0.15) is 0 Å². The van der Waals surface area contributed by atoms with Gasteiger partial charge in [-0.05, 0) is 6.92 Å². The highest BCUT2D eigenvalue weighted by Crippen LogP contribution is 1.98. The van der Waals surface area contributed by atoms with Gasteiger partial charge in [0.25, 0.3) is 0 Å². The van der Waals surface area contributed by atoms with Crippen LogP contribution >= 0.6 is 0 Å². The molecule has 0 aliphatic rings. The topological polar surface area (TPSA) is 90.0 Å². The number of nitrogens with zero attached hydrogens (tertiary/aromatic N) is 3. The summed E-state index contributed by atoms with van der Waals surface area (Å²) in [4.78, 5) is 51.6. The van der Waals surface area contributed by atoms with Gasteiger partial charge in [0.15, 0.2) is 5.78 Å². The van der Waals surface area contributed by atoms with Gasteiger partial charge in [0.2, 0.25) is 17.7 Å². The van der Waals surface area contributed by atoms with E-state index in [4.69, 9.17) is 0 Å². The number of carbonyl (C=O) groups is 4. The molecule has 3 amide bonds. The number of amides is 3. The van der Waals surface area contributed by atoms with Crippen molar-refractivity contribution in [2.24, 2.45) is 5.92 Å². The molecule has 0 radical (unpaired) electrons. The quantitative estimate of drug-likeness (QED) is 0.582. The molecule has 1 N–H and O–H groups in total. The second kappa shape index (κ2) is 10.5. The molecule has 8 heteroatoms. The molecule has 0 saturated heterocycles. The lowest BCUT2D eigenvalue weighted by molar-refractivity contribution is -0.142. The van der Waals surface area contributed by atoms with E-state index < -0.39 is 0 Å². The molecule has 0 saturated carbocycles. The van der Waals surface area contributed by atoms with Crippen LogP contribution in [0, 0.1) is 5.92 Å². The molecule has 0 unspecified atom stereocenters.